The van der Waals surface area contributed by atoms with Crippen LogP contribution in [0.25, 0.3) is 10.9 Å². The van der Waals surface area contributed by atoms with E-state index in [1.807, 2.05) is 42.1 Å². The second-order valence-electron chi connectivity index (χ2n) is 3.42. The Kier molecular flexibility index (Phi) is 2.19. The molecule has 3 heteroatoms. The SMILES string of the molecule is CC(C#N)Cn1ncc2ccccc21. The van der Waals surface area contributed by atoms with Gasteiger partial charge in [-0.05, 0) is 13.0 Å². The zero-order chi connectivity index (χ0) is 9.97. The summed E-state index contributed by atoms with van der Waals surface area (Å²) in [6.45, 7) is 2.56. The standard InChI is InChI=1S/C11H11N3/c1-9(6-12)8-14-11-5-3-2-4-10(11)7-13-14/h2-5,7,9H,8H2,1H3. The maximum Gasteiger partial charge on any atom is 0.0682 e. The Balaban J connectivity index is 2.39. The van der Waals surface area contributed by atoms with Gasteiger partial charge in [0.05, 0.1) is 30.2 Å². The molecule has 0 saturated carbocycles. The molecule has 70 valence electrons. The average molecular weight is 185 g/mol. The summed E-state index contributed by atoms with van der Waals surface area (Å²) in [6.07, 6.45) is 1.83. The summed E-state index contributed by atoms with van der Waals surface area (Å²) in [6, 6.07) is 10.2. The van der Waals surface area contributed by atoms with Gasteiger partial charge in [-0.1, -0.05) is 18.2 Å². The fraction of sp³-hybridized carbons (Fsp3) is 0.273. The highest BCUT2D eigenvalue weighted by Gasteiger charge is 2.05. The Labute approximate surface area is 82.6 Å². The summed E-state index contributed by atoms with van der Waals surface area (Å²) < 4.78 is 1.88. The van der Waals surface area contributed by atoms with Crippen molar-refractivity contribution in [1.82, 2.24) is 9.78 Å². The molecule has 1 aromatic heterocycles. The molecule has 1 atom stereocenters. The molecule has 0 aliphatic carbocycles. The first-order valence-electron chi connectivity index (χ1n) is 4.61. The van der Waals surface area contributed by atoms with Crippen molar-refractivity contribution in [2.45, 2.75) is 13.5 Å². The Bertz CT molecular complexity index is 478. The van der Waals surface area contributed by atoms with Crippen LogP contribution in [0.1, 0.15) is 6.92 Å². The lowest BCUT2D eigenvalue weighted by Gasteiger charge is -2.03. The largest absolute Gasteiger partial charge is 0.264 e. The van der Waals surface area contributed by atoms with E-state index in [0.29, 0.717) is 6.54 Å². The van der Waals surface area contributed by atoms with Gasteiger partial charge < -0.3 is 0 Å². The predicted octanol–water partition coefficient (Wildman–Crippen LogP) is 2.20. The van der Waals surface area contributed by atoms with Gasteiger partial charge >= 0.3 is 0 Å². The van der Waals surface area contributed by atoms with Crippen LogP contribution in [0.4, 0.5) is 0 Å². The average Bonchev–Trinajstić information content (AvgIpc) is 2.62. The van der Waals surface area contributed by atoms with Gasteiger partial charge in [0.25, 0.3) is 0 Å². The minimum absolute atomic E-state index is 0.00157. The van der Waals surface area contributed by atoms with E-state index in [-0.39, 0.29) is 5.92 Å². The molecule has 2 aromatic rings. The van der Waals surface area contributed by atoms with Crippen LogP contribution in [0.3, 0.4) is 0 Å². The fourth-order valence-electron chi connectivity index (χ4n) is 1.47. The van der Waals surface area contributed by atoms with Crippen LogP contribution < -0.4 is 0 Å². The first kappa shape index (κ1) is 8.76. The number of nitriles is 1. The fourth-order valence-corrected chi connectivity index (χ4v) is 1.47. The topological polar surface area (TPSA) is 41.6 Å². The van der Waals surface area contributed by atoms with Crippen LogP contribution in [0, 0.1) is 17.2 Å². The molecular formula is C11H11N3. The van der Waals surface area contributed by atoms with Crippen molar-refractivity contribution in [3.8, 4) is 6.07 Å². The normalized spacial score (nSPS) is 12.6. The zero-order valence-electron chi connectivity index (χ0n) is 8.01. The van der Waals surface area contributed by atoms with Gasteiger partial charge in [-0.15, -0.1) is 0 Å². The Morgan fingerprint density at radius 3 is 3.07 bits per heavy atom. The van der Waals surface area contributed by atoms with Crippen LogP contribution >= 0.6 is 0 Å². The van der Waals surface area contributed by atoms with Crippen molar-refractivity contribution in [2.75, 3.05) is 0 Å². The molecule has 0 fully saturated rings. The molecule has 0 saturated heterocycles. The van der Waals surface area contributed by atoms with Crippen LogP contribution in [0.5, 0.6) is 0 Å². The maximum atomic E-state index is 8.71. The number of benzene rings is 1. The van der Waals surface area contributed by atoms with Crippen molar-refractivity contribution in [3.63, 3.8) is 0 Å². The molecule has 3 nitrogen and oxygen atoms in total. The number of rotatable bonds is 2. The number of nitrogens with zero attached hydrogens (tertiary/aromatic N) is 3. The molecule has 14 heavy (non-hydrogen) atoms. The van der Waals surface area contributed by atoms with E-state index in [4.69, 9.17) is 5.26 Å². The highest BCUT2D eigenvalue weighted by atomic mass is 15.3. The van der Waals surface area contributed by atoms with Crippen molar-refractivity contribution in [3.05, 3.63) is 30.5 Å². The predicted molar refractivity (Wildman–Crippen MR) is 54.5 cm³/mol. The molecule has 0 aliphatic rings. The number of fused-ring (bicyclic) bond motifs is 1. The molecule has 1 heterocycles. The number of hydrogen-bond acceptors (Lipinski definition) is 2. The molecule has 1 unspecified atom stereocenters. The van der Waals surface area contributed by atoms with E-state index in [1.54, 1.807) is 0 Å². The van der Waals surface area contributed by atoms with Gasteiger partial charge in [0.2, 0.25) is 0 Å². The first-order chi connectivity index (χ1) is 6.81. The van der Waals surface area contributed by atoms with Gasteiger partial charge in [0.1, 0.15) is 0 Å². The summed E-state index contributed by atoms with van der Waals surface area (Å²) in [5.74, 6) is -0.00157. The maximum absolute atomic E-state index is 8.71. The number of hydrogen-bond donors (Lipinski definition) is 0. The minimum atomic E-state index is -0.00157. The van der Waals surface area contributed by atoms with Crippen LogP contribution in [-0.2, 0) is 6.54 Å². The zero-order valence-corrected chi connectivity index (χ0v) is 8.01. The Hall–Kier alpha value is -1.82. The van der Waals surface area contributed by atoms with Gasteiger partial charge in [-0.25, -0.2) is 0 Å². The molecule has 0 radical (unpaired) electrons. The third kappa shape index (κ3) is 1.47. The van der Waals surface area contributed by atoms with Crippen LogP contribution in [0.2, 0.25) is 0 Å². The van der Waals surface area contributed by atoms with Crippen molar-refractivity contribution < 1.29 is 0 Å². The molecule has 0 N–H and O–H groups in total. The quantitative estimate of drug-likeness (QED) is 0.719. The molecule has 1 aromatic carbocycles. The highest BCUT2D eigenvalue weighted by molar-refractivity contribution is 5.78. The van der Waals surface area contributed by atoms with Gasteiger partial charge in [-0.3, -0.25) is 4.68 Å². The summed E-state index contributed by atoms with van der Waals surface area (Å²) in [5, 5.41) is 14.1. The molecular weight excluding hydrogens is 174 g/mol. The number of aromatic nitrogens is 2. The third-order valence-corrected chi connectivity index (χ3v) is 2.22. The van der Waals surface area contributed by atoms with E-state index >= 15 is 0 Å². The van der Waals surface area contributed by atoms with Crippen molar-refractivity contribution in [1.29, 1.82) is 5.26 Å². The smallest absolute Gasteiger partial charge is 0.0682 e. The monoisotopic (exact) mass is 185 g/mol. The van der Waals surface area contributed by atoms with E-state index in [2.05, 4.69) is 11.2 Å². The number of para-hydroxylation sites is 1. The van der Waals surface area contributed by atoms with Crippen LogP contribution in [0.15, 0.2) is 30.5 Å². The van der Waals surface area contributed by atoms with E-state index in [9.17, 15) is 0 Å². The minimum Gasteiger partial charge on any atom is -0.264 e. The molecule has 0 amide bonds. The van der Waals surface area contributed by atoms with E-state index in [1.165, 1.54) is 0 Å². The third-order valence-electron chi connectivity index (χ3n) is 2.22. The summed E-state index contributed by atoms with van der Waals surface area (Å²) >= 11 is 0. The van der Waals surface area contributed by atoms with E-state index in [0.717, 1.165) is 10.9 Å². The Morgan fingerprint density at radius 2 is 2.29 bits per heavy atom. The molecule has 0 spiro atoms. The van der Waals surface area contributed by atoms with Gasteiger partial charge in [0, 0.05) is 5.39 Å². The summed E-state index contributed by atoms with van der Waals surface area (Å²) in [5.41, 5.74) is 1.09. The van der Waals surface area contributed by atoms with Crippen LogP contribution in [-0.4, -0.2) is 9.78 Å². The van der Waals surface area contributed by atoms with Crippen molar-refractivity contribution >= 4 is 10.9 Å². The molecule has 0 aliphatic heterocycles. The molecule has 0 bridgehead atoms. The second-order valence-corrected chi connectivity index (χ2v) is 3.42. The Morgan fingerprint density at radius 1 is 1.50 bits per heavy atom. The first-order valence-corrected chi connectivity index (χ1v) is 4.61. The molecule has 2 rings (SSSR count). The van der Waals surface area contributed by atoms with E-state index < -0.39 is 0 Å². The van der Waals surface area contributed by atoms with Gasteiger partial charge in [-0.2, -0.15) is 10.4 Å². The van der Waals surface area contributed by atoms with Gasteiger partial charge in [0.15, 0.2) is 0 Å². The summed E-state index contributed by atoms with van der Waals surface area (Å²) in [4.78, 5) is 0. The lowest BCUT2D eigenvalue weighted by atomic mass is 10.2. The highest BCUT2D eigenvalue weighted by Crippen LogP contribution is 2.13. The van der Waals surface area contributed by atoms with Crippen molar-refractivity contribution in [2.24, 2.45) is 5.92 Å². The summed E-state index contributed by atoms with van der Waals surface area (Å²) in [7, 11) is 0. The lowest BCUT2D eigenvalue weighted by molar-refractivity contribution is 0.543. The second kappa shape index (κ2) is 3.51. The lowest BCUT2D eigenvalue weighted by Crippen LogP contribution is -2.06.